The number of nitrogens with zero attached hydrogens (tertiary/aromatic N) is 1. The molecular formula is C19H18BrNO4. The van der Waals surface area contributed by atoms with Gasteiger partial charge in [-0.15, -0.1) is 0 Å². The standard InChI is InChI=1S/C19H18BrNO4/c1-24-17-9-16(20)15(11-22)8-18(17)25-12-19(23)21-7-6-13-4-2-3-5-14(13)10-21/h2-5,8-9,11H,6-7,10,12H2,1H3. The second-order valence-electron chi connectivity index (χ2n) is 5.77. The van der Waals surface area contributed by atoms with Crippen LogP contribution in [0, 0.1) is 0 Å². The van der Waals surface area contributed by atoms with E-state index in [4.69, 9.17) is 9.47 Å². The molecule has 0 saturated carbocycles. The zero-order chi connectivity index (χ0) is 17.8. The SMILES string of the molecule is COc1cc(Br)c(C=O)cc1OCC(=O)N1CCc2ccccc2C1. The molecule has 0 saturated heterocycles. The largest absolute Gasteiger partial charge is 0.493 e. The molecule has 0 aliphatic carbocycles. The summed E-state index contributed by atoms with van der Waals surface area (Å²) in [6.45, 7) is 1.17. The van der Waals surface area contributed by atoms with Crippen LogP contribution < -0.4 is 9.47 Å². The summed E-state index contributed by atoms with van der Waals surface area (Å²) in [6.07, 6.45) is 1.57. The van der Waals surface area contributed by atoms with Crippen LogP contribution in [0.15, 0.2) is 40.9 Å². The minimum absolute atomic E-state index is 0.0906. The van der Waals surface area contributed by atoms with Crippen molar-refractivity contribution in [2.24, 2.45) is 0 Å². The number of ether oxygens (including phenoxy) is 2. The molecule has 0 atom stereocenters. The fourth-order valence-corrected chi connectivity index (χ4v) is 3.27. The van der Waals surface area contributed by atoms with Gasteiger partial charge in [0.15, 0.2) is 24.4 Å². The lowest BCUT2D eigenvalue weighted by molar-refractivity contribution is -0.134. The molecule has 5 nitrogen and oxygen atoms in total. The molecule has 1 aliphatic heterocycles. The van der Waals surface area contributed by atoms with Gasteiger partial charge in [0.2, 0.25) is 0 Å². The van der Waals surface area contributed by atoms with E-state index in [0.717, 1.165) is 12.7 Å². The molecule has 1 amide bonds. The Hall–Kier alpha value is -2.34. The van der Waals surface area contributed by atoms with E-state index >= 15 is 0 Å². The van der Waals surface area contributed by atoms with Crippen LogP contribution in [0.4, 0.5) is 0 Å². The number of hydrogen-bond donors (Lipinski definition) is 0. The lowest BCUT2D eigenvalue weighted by Crippen LogP contribution is -2.38. The van der Waals surface area contributed by atoms with Crippen molar-refractivity contribution in [1.29, 1.82) is 0 Å². The third-order valence-corrected chi connectivity index (χ3v) is 4.93. The molecule has 0 radical (unpaired) electrons. The van der Waals surface area contributed by atoms with E-state index in [1.165, 1.54) is 18.2 Å². The minimum Gasteiger partial charge on any atom is -0.493 e. The summed E-state index contributed by atoms with van der Waals surface area (Å²) in [5, 5.41) is 0. The monoisotopic (exact) mass is 403 g/mol. The van der Waals surface area contributed by atoms with Crippen molar-refractivity contribution in [2.75, 3.05) is 20.3 Å². The first-order valence-electron chi connectivity index (χ1n) is 7.92. The number of rotatable bonds is 5. The average molecular weight is 404 g/mol. The van der Waals surface area contributed by atoms with E-state index in [-0.39, 0.29) is 12.5 Å². The molecular weight excluding hydrogens is 386 g/mol. The third kappa shape index (κ3) is 3.85. The highest BCUT2D eigenvalue weighted by molar-refractivity contribution is 9.10. The Bertz CT molecular complexity index is 806. The van der Waals surface area contributed by atoms with Gasteiger partial charge >= 0.3 is 0 Å². The van der Waals surface area contributed by atoms with Gasteiger partial charge in [0, 0.05) is 23.1 Å². The van der Waals surface area contributed by atoms with Gasteiger partial charge in [-0.2, -0.15) is 0 Å². The lowest BCUT2D eigenvalue weighted by Gasteiger charge is -2.28. The number of amides is 1. The zero-order valence-corrected chi connectivity index (χ0v) is 15.4. The first-order chi connectivity index (χ1) is 12.1. The fourth-order valence-electron chi connectivity index (χ4n) is 2.85. The number of hydrogen-bond acceptors (Lipinski definition) is 4. The van der Waals surface area contributed by atoms with Gasteiger partial charge in [0.25, 0.3) is 5.91 Å². The molecule has 0 aromatic heterocycles. The Labute approximate surface area is 154 Å². The Kier molecular flexibility index (Phi) is 5.38. The first-order valence-corrected chi connectivity index (χ1v) is 8.71. The normalized spacial score (nSPS) is 13.1. The van der Waals surface area contributed by atoms with Crippen LogP contribution in [0.3, 0.4) is 0 Å². The highest BCUT2D eigenvalue weighted by atomic mass is 79.9. The smallest absolute Gasteiger partial charge is 0.260 e. The van der Waals surface area contributed by atoms with Crippen LogP contribution in [0.5, 0.6) is 11.5 Å². The van der Waals surface area contributed by atoms with Crippen LogP contribution in [-0.4, -0.2) is 37.4 Å². The molecule has 1 heterocycles. The summed E-state index contributed by atoms with van der Waals surface area (Å²) in [4.78, 5) is 25.3. The van der Waals surface area contributed by atoms with E-state index in [1.807, 2.05) is 18.2 Å². The average Bonchev–Trinajstić information content (AvgIpc) is 2.65. The molecule has 1 aliphatic rings. The maximum Gasteiger partial charge on any atom is 0.260 e. The van der Waals surface area contributed by atoms with Crippen LogP contribution in [0.25, 0.3) is 0 Å². The molecule has 2 aromatic carbocycles. The second-order valence-corrected chi connectivity index (χ2v) is 6.62. The van der Waals surface area contributed by atoms with Gasteiger partial charge in [-0.25, -0.2) is 0 Å². The summed E-state index contributed by atoms with van der Waals surface area (Å²) in [5.41, 5.74) is 2.90. The summed E-state index contributed by atoms with van der Waals surface area (Å²) in [7, 11) is 1.51. The van der Waals surface area contributed by atoms with Gasteiger partial charge in [-0.3, -0.25) is 9.59 Å². The van der Waals surface area contributed by atoms with Crippen molar-refractivity contribution in [3.63, 3.8) is 0 Å². The Morgan fingerprint density at radius 2 is 2.00 bits per heavy atom. The maximum absolute atomic E-state index is 12.5. The summed E-state index contributed by atoms with van der Waals surface area (Å²) in [6, 6.07) is 11.4. The van der Waals surface area contributed by atoms with E-state index in [1.54, 1.807) is 17.0 Å². The summed E-state index contributed by atoms with van der Waals surface area (Å²) in [5.74, 6) is 0.750. The third-order valence-electron chi connectivity index (χ3n) is 4.24. The number of methoxy groups -OCH3 is 1. The van der Waals surface area contributed by atoms with Gasteiger partial charge < -0.3 is 14.4 Å². The molecule has 0 bridgehead atoms. The number of halogens is 1. The van der Waals surface area contributed by atoms with Crippen LogP contribution in [-0.2, 0) is 17.8 Å². The molecule has 25 heavy (non-hydrogen) atoms. The molecule has 3 rings (SSSR count). The number of fused-ring (bicyclic) bond motifs is 1. The molecule has 2 aromatic rings. The summed E-state index contributed by atoms with van der Waals surface area (Å²) < 4.78 is 11.5. The highest BCUT2D eigenvalue weighted by Crippen LogP contribution is 2.33. The molecule has 0 N–H and O–H groups in total. The van der Waals surface area contributed by atoms with Gasteiger partial charge in [0.05, 0.1) is 7.11 Å². The van der Waals surface area contributed by atoms with Crippen molar-refractivity contribution in [2.45, 2.75) is 13.0 Å². The molecule has 0 fully saturated rings. The molecule has 0 unspecified atom stereocenters. The van der Waals surface area contributed by atoms with Crippen LogP contribution in [0.1, 0.15) is 21.5 Å². The van der Waals surface area contributed by atoms with E-state index in [2.05, 4.69) is 22.0 Å². The van der Waals surface area contributed by atoms with Gasteiger partial charge in [-0.1, -0.05) is 24.3 Å². The van der Waals surface area contributed by atoms with Gasteiger partial charge in [-0.05, 0) is 45.6 Å². The number of carbonyl (C=O) groups excluding carboxylic acids is 2. The Morgan fingerprint density at radius 3 is 2.72 bits per heavy atom. The fraction of sp³-hybridized carbons (Fsp3) is 0.263. The van der Waals surface area contributed by atoms with Crippen molar-refractivity contribution in [3.05, 3.63) is 57.6 Å². The van der Waals surface area contributed by atoms with Crippen LogP contribution in [0.2, 0.25) is 0 Å². The highest BCUT2D eigenvalue weighted by Gasteiger charge is 2.21. The van der Waals surface area contributed by atoms with Crippen molar-refractivity contribution >= 4 is 28.1 Å². The second kappa shape index (κ2) is 7.70. The summed E-state index contributed by atoms with van der Waals surface area (Å²) >= 11 is 3.30. The predicted octanol–water partition coefficient (Wildman–Crippen LogP) is 3.23. The number of benzene rings is 2. The Balaban J connectivity index is 1.68. The topological polar surface area (TPSA) is 55.8 Å². The molecule has 130 valence electrons. The minimum atomic E-state index is -0.0988. The Morgan fingerprint density at radius 1 is 1.24 bits per heavy atom. The van der Waals surface area contributed by atoms with Crippen molar-refractivity contribution in [3.8, 4) is 11.5 Å². The quantitative estimate of drug-likeness (QED) is 0.719. The molecule has 0 spiro atoms. The van der Waals surface area contributed by atoms with Crippen molar-refractivity contribution < 1.29 is 19.1 Å². The van der Waals surface area contributed by atoms with E-state index < -0.39 is 0 Å². The van der Waals surface area contributed by atoms with Crippen LogP contribution >= 0.6 is 15.9 Å². The van der Waals surface area contributed by atoms with Crippen molar-refractivity contribution in [1.82, 2.24) is 4.90 Å². The van der Waals surface area contributed by atoms with Gasteiger partial charge in [0.1, 0.15) is 0 Å². The molecule has 6 heteroatoms. The lowest BCUT2D eigenvalue weighted by atomic mass is 10.00. The van der Waals surface area contributed by atoms with E-state index in [0.29, 0.717) is 34.6 Å². The first kappa shape index (κ1) is 17.5. The van der Waals surface area contributed by atoms with E-state index in [9.17, 15) is 9.59 Å². The zero-order valence-electron chi connectivity index (χ0n) is 13.8. The predicted molar refractivity (Wildman–Crippen MR) is 97.1 cm³/mol. The number of carbonyl (C=O) groups is 2. The number of aldehydes is 1. The maximum atomic E-state index is 12.5.